The predicted octanol–water partition coefficient (Wildman–Crippen LogP) is 1.44. The van der Waals surface area contributed by atoms with Crippen molar-refractivity contribution >= 4 is 17.5 Å². The molecule has 7 heteroatoms. The molecule has 3 fully saturated rings. The molecule has 3 atom stereocenters. The first-order valence-electron chi connectivity index (χ1n) is 10.4. The summed E-state index contributed by atoms with van der Waals surface area (Å²) in [6, 6.07) is 3.96. The van der Waals surface area contributed by atoms with Crippen LogP contribution in [-0.2, 0) is 14.3 Å². The van der Waals surface area contributed by atoms with Crippen molar-refractivity contribution in [1.82, 2.24) is 15.2 Å². The second-order valence-electron chi connectivity index (χ2n) is 8.19. The first-order valence-corrected chi connectivity index (χ1v) is 10.4. The van der Waals surface area contributed by atoms with Crippen LogP contribution in [0.1, 0.15) is 32.1 Å². The van der Waals surface area contributed by atoms with Gasteiger partial charge in [-0.05, 0) is 44.2 Å². The largest absolute Gasteiger partial charge is 0.379 e. The number of carbonyl (C=O) groups is 2. The molecule has 1 aliphatic heterocycles. The summed E-state index contributed by atoms with van der Waals surface area (Å²) in [5, 5.41) is 3.15. The Morgan fingerprint density at radius 1 is 1.04 bits per heavy atom. The topological polar surface area (TPSA) is 74.8 Å². The van der Waals surface area contributed by atoms with Crippen LogP contribution in [0.2, 0.25) is 0 Å². The fourth-order valence-electron chi connectivity index (χ4n) is 4.45. The smallest absolute Gasteiger partial charge is 0.225 e. The van der Waals surface area contributed by atoms with E-state index in [9.17, 15) is 9.59 Å². The normalized spacial score (nSPS) is 28.1. The number of ether oxygens (including phenoxy) is 1. The van der Waals surface area contributed by atoms with Crippen molar-refractivity contribution in [2.24, 2.45) is 11.8 Å². The molecule has 1 saturated heterocycles. The van der Waals surface area contributed by atoms with Crippen LogP contribution < -0.4 is 10.2 Å². The van der Waals surface area contributed by atoms with Crippen LogP contribution in [0.15, 0.2) is 24.5 Å². The number of carbonyl (C=O) groups excluding carboxylic acids is 2. The Kier molecular flexibility index (Phi) is 5.80. The van der Waals surface area contributed by atoms with E-state index in [1.165, 1.54) is 0 Å². The van der Waals surface area contributed by atoms with Crippen LogP contribution in [0, 0.1) is 11.8 Å². The maximum Gasteiger partial charge on any atom is 0.225 e. The summed E-state index contributed by atoms with van der Waals surface area (Å²) in [5.74, 6) is 0.513. The highest BCUT2D eigenvalue weighted by atomic mass is 16.5. The van der Waals surface area contributed by atoms with Gasteiger partial charge in [0.05, 0.1) is 12.1 Å². The van der Waals surface area contributed by atoms with Crippen molar-refractivity contribution in [3.05, 3.63) is 24.5 Å². The Bertz CT molecular complexity index is 686. The first kappa shape index (κ1) is 19.2. The van der Waals surface area contributed by atoms with Gasteiger partial charge >= 0.3 is 0 Å². The minimum Gasteiger partial charge on any atom is -0.379 e. The molecular weight excluding hydrogens is 356 g/mol. The molecule has 0 aromatic carbocycles. The summed E-state index contributed by atoms with van der Waals surface area (Å²) in [4.78, 5) is 33.7. The Labute approximate surface area is 166 Å². The molecule has 0 bridgehead atoms. The van der Waals surface area contributed by atoms with Gasteiger partial charge in [0.1, 0.15) is 0 Å². The maximum absolute atomic E-state index is 13.1. The van der Waals surface area contributed by atoms with Crippen molar-refractivity contribution in [3.8, 4) is 0 Å². The Morgan fingerprint density at radius 2 is 1.71 bits per heavy atom. The van der Waals surface area contributed by atoms with Gasteiger partial charge < -0.3 is 19.9 Å². The van der Waals surface area contributed by atoms with Crippen LogP contribution >= 0.6 is 0 Å². The molecule has 2 saturated carbocycles. The summed E-state index contributed by atoms with van der Waals surface area (Å²) in [7, 11) is 1.70. The molecule has 0 radical (unpaired) electrons. The summed E-state index contributed by atoms with van der Waals surface area (Å²) < 4.78 is 5.59. The summed E-state index contributed by atoms with van der Waals surface area (Å²) in [6.45, 7) is 3.16. The van der Waals surface area contributed by atoms with Gasteiger partial charge in [-0.25, -0.2) is 0 Å². The van der Waals surface area contributed by atoms with Crippen LogP contribution in [0.5, 0.6) is 0 Å². The summed E-state index contributed by atoms with van der Waals surface area (Å²) in [5.41, 5.74) is 1.16. The molecule has 1 aromatic heterocycles. The van der Waals surface area contributed by atoms with Crippen molar-refractivity contribution in [3.63, 3.8) is 0 Å². The summed E-state index contributed by atoms with van der Waals surface area (Å²) >= 11 is 0. The molecule has 4 rings (SSSR count). The lowest BCUT2D eigenvalue weighted by atomic mass is 9.82. The van der Waals surface area contributed by atoms with Gasteiger partial charge in [-0.1, -0.05) is 0 Å². The van der Waals surface area contributed by atoms with Crippen molar-refractivity contribution in [2.45, 2.75) is 44.2 Å². The number of amides is 2. The highest BCUT2D eigenvalue weighted by Crippen LogP contribution is 2.32. The quantitative estimate of drug-likeness (QED) is 0.829. The fraction of sp³-hybridized carbons (Fsp3) is 0.667. The molecule has 152 valence electrons. The number of rotatable bonds is 5. The molecule has 2 aliphatic carbocycles. The van der Waals surface area contributed by atoms with Gasteiger partial charge in [-0.3, -0.25) is 14.6 Å². The van der Waals surface area contributed by atoms with E-state index in [1.807, 2.05) is 17.0 Å². The minimum absolute atomic E-state index is 0.00953. The second-order valence-corrected chi connectivity index (χ2v) is 8.19. The molecule has 28 heavy (non-hydrogen) atoms. The number of hydrogen-bond acceptors (Lipinski definition) is 5. The molecular formula is C21H30N4O3. The number of methoxy groups -OCH3 is 1. The van der Waals surface area contributed by atoms with Crippen LogP contribution in [0.4, 0.5) is 5.69 Å². The Hall–Kier alpha value is -2.15. The van der Waals surface area contributed by atoms with E-state index < -0.39 is 0 Å². The van der Waals surface area contributed by atoms with Crippen LogP contribution in [0.3, 0.4) is 0 Å². The zero-order chi connectivity index (χ0) is 19.5. The minimum atomic E-state index is -0.0566. The lowest BCUT2D eigenvalue weighted by Gasteiger charge is -2.40. The van der Waals surface area contributed by atoms with E-state index >= 15 is 0 Å². The lowest BCUT2D eigenvalue weighted by Crippen LogP contribution is -2.54. The van der Waals surface area contributed by atoms with Gasteiger partial charge in [0.2, 0.25) is 11.8 Å². The SMILES string of the molecule is CO[C@@H]1CC[C@H](C(=O)N2CCN(c3ccncc3)CC2)C[C@H]1NC(=O)C1CC1. The third kappa shape index (κ3) is 4.29. The molecule has 1 aromatic rings. The number of aromatic nitrogens is 1. The molecule has 2 heterocycles. The summed E-state index contributed by atoms with van der Waals surface area (Å²) in [6.07, 6.45) is 7.92. The number of pyridine rings is 1. The van der Waals surface area contributed by atoms with Crippen molar-refractivity contribution in [1.29, 1.82) is 0 Å². The number of piperazine rings is 1. The Balaban J connectivity index is 1.32. The number of hydrogen-bond donors (Lipinski definition) is 1. The first-order chi connectivity index (χ1) is 13.7. The molecule has 0 unspecified atom stereocenters. The zero-order valence-corrected chi connectivity index (χ0v) is 16.5. The van der Waals surface area contributed by atoms with Gasteiger partial charge in [0.25, 0.3) is 0 Å². The van der Waals surface area contributed by atoms with E-state index in [4.69, 9.17) is 4.74 Å². The average molecular weight is 386 g/mol. The zero-order valence-electron chi connectivity index (χ0n) is 16.5. The van der Waals surface area contributed by atoms with Crippen molar-refractivity contribution in [2.75, 3.05) is 38.2 Å². The maximum atomic E-state index is 13.1. The highest BCUT2D eigenvalue weighted by Gasteiger charge is 2.39. The molecule has 1 N–H and O–H groups in total. The van der Waals surface area contributed by atoms with Crippen LogP contribution in [-0.4, -0.2) is 67.1 Å². The monoisotopic (exact) mass is 386 g/mol. The average Bonchev–Trinajstić information content (AvgIpc) is 3.59. The van der Waals surface area contributed by atoms with Gasteiger partial charge in [0.15, 0.2) is 0 Å². The Morgan fingerprint density at radius 3 is 2.36 bits per heavy atom. The molecule has 2 amide bonds. The number of nitrogens with zero attached hydrogens (tertiary/aromatic N) is 3. The predicted molar refractivity (Wildman–Crippen MR) is 106 cm³/mol. The number of nitrogens with one attached hydrogen (secondary N) is 1. The lowest BCUT2D eigenvalue weighted by molar-refractivity contribution is -0.139. The van der Waals surface area contributed by atoms with E-state index in [-0.39, 0.29) is 35.8 Å². The highest BCUT2D eigenvalue weighted by molar-refractivity contribution is 5.82. The van der Waals surface area contributed by atoms with E-state index in [0.717, 1.165) is 57.5 Å². The standard InChI is InChI=1S/C21H30N4O3/c1-28-19-5-4-16(14-18(19)23-20(26)15-2-3-15)21(27)25-12-10-24(11-13-25)17-6-8-22-9-7-17/h6-9,15-16,18-19H,2-5,10-14H2,1H3,(H,23,26)/t16-,18+,19+/m0/s1. The second kappa shape index (κ2) is 8.47. The van der Waals surface area contributed by atoms with Gasteiger partial charge in [-0.2, -0.15) is 0 Å². The molecule has 0 spiro atoms. The van der Waals surface area contributed by atoms with E-state index in [2.05, 4.69) is 15.2 Å². The van der Waals surface area contributed by atoms with Crippen LogP contribution in [0.25, 0.3) is 0 Å². The third-order valence-corrected chi connectivity index (χ3v) is 6.33. The van der Waals surface area contributed by atoms with E-state index in [0.29, 0.717) is 6.42 Å². The fourth-order valence-corrected chi connectivity index (χ4v) is 4.45. The molecule has 7 nitrogen and oxygen atoms in total. The van der Waals surface area contributed by atoms with E-state index in [1.54, 1.807) is 19.5 Å². The third-order valence-electron chi connectivity index (χ3n) is 6.33. The molecule has 3 aliphatic rings. The van der Waals surface area contributed by atoms with Crippen molar-refractivity contribution < 1.29 is 14.3 Å². The number of anilines is 1. The van der Waals surface area contributed by atoms with Gasteiger partial charge in [0, 0.05) is 63.2 Å². The van der Waals surface area contributed by atoms with Gasteiger partial charge in [-0.15, -0.1) is 0 Å².